The maximum atomic E-state index is 13.4. The van der Waals surface area contributed by atoms with Crippen LogP contribution < -0.4 is 4.74 Å². The molecule has 1 atom stereocenters. The zero-order valence-electron chi connectivity index (χ0n) is 11.5. The molecule has 1 N–H and O–H groups in total. The first-order chi connectivity index (χ1) is 9.76. The van der Waals surface area contributed by atoms with Crippen LogP contribution in [0.15, 0.2) is 24.3 Å². The highest BCUT2D eigenvalue weighted by molar-refractivity contribution is 5.37. The van der Waals surface area contributed by atoms with E-state index in [0.29, 0.717) is 6.92 Å². The number of aliphatic hydroxyl groups is 1. The first-order valence-corrected chi connectivity index (χ1v) is 5.94. The largest absolute Gasteiger partial charge is 0.496 e. The van der Waals surface area contributed by atoms with Crippen molar-refractivity contribution in [2.75, 3.05) is 7.11 Å². The zero-order valence-corrected chi connectivity index (χ0v) is 11.5. The molecule has 1 unspecified atom stereocenters. The summed E-state index contributed by atoms with van der Waals surface area (Å²) >= 11 is 0. The van der Waals surface area contributed by atoms with Crippen LogP contribution in [0.4, 0.5) is 30.7 Å². The number of alkyl halides is 7. The minimum atomic E-state index is -6.44. The van der Waals surface area contributed by atoms with Gasteiger partial charge < -0.3 is 9.84 Å². The Morgan fingerprint density at radius 3 is 1.95 bits per heavy atom. The first-order valence-electron chi connectivity index (χ1n) is 5.94. The van der Waals surface area contributed by atoms with Gasteiger partial charge in [0.25, 0.3) is 0 Å². The topological polar surface area (TPSA) is 29.5 Å². The first kappa shape index (κ1) is 18.5. The third-order valence-electron chi connectivity index (χ3n) is 3.07. The second-order valence-electron chi connectivity index (χ2n) is 4.93. The third-order valence-corrected chi connectivity index (χ3v) is 3.07. The van der Waals surface area contributed by atoms with E-state index in [1.54, 1.807) is 0 Å². The number of hydrogen-bond acceptors (Lipinski definition) is 2. The van der Waals surface area contributed by atoms with Crippen molar-refractivity contribution >= 4 is 0 Å². The smallest absolute Gasteiger partial charge is 0.459 e. The van der Waals surface area contributed by atoms with Crippen molar-refractivity contribution in [2.24, 2.45) is 0 Å². The lowest BCUT2D eigenvalue weighted by Crippen LogP contribution is -2.54. The molecule has 1 rings (SSSR count). The van der Waals surface area contributed by atoms with E-state index in [-0.39, 0.29) is 11.3 Å². The second kappa shape index (κ2) is 5.60. The number of para-hydroxylation sites is 1. The van der Waals surface area contributed by atoms with Crippen LogP contribution in [-0.4, -0.2) is 30.2 Å². The van der Waals surface area contributed by atoms with Gasteiger partial charge in [-0.05, 0) is 13.0 Å². The minimum Gasteiger partial charge on any atom is -0.496 e. The second-order valence-corrected chi connectivity index (χ2v) is 4.93. The Kier molecular flexibility index (Phi) is 4.72. The number of ether oxygens (including phenoxy) is 1. The molecular formula is C13H13F7O2. The predicted molar refractivity (Wildman–Crippen MR) is 63.1 cm³/mol. The van der Waals surface area contributed by atoms with Gasteiger partial charge in [-0.3, -0.25) is 0 Å². The Labute approximate surface area is 121 Å². The Morgan fingerprint density at radius 1 is 1.00 bits per heavy atom. The molecule has 9 heteroatoms. The van der Waals surface area contributed by atoms with Crippen molar-refractivity contribution in [3.05, 3.63) is 29.8 Å². The number of rotatable bonds is 5. The summed E-state index contributed by atoms with van der Waals surface area (Å²) in [6.45, 7) is 0.714. The third kappa shape index (κ3) is 3.29. The molecule has 0 saturated carbocycles. The fourth-order valence-electron chi connectivity index (χ4n) is 1.94. The van der Waals surface area contributed by atoms with Gasteiger partial charge in [-0.1, -0.05) is 18.2 Å². The molecule has 0 fully saturated rings. The summed E-state index contributed by atoms with van der Waals surface area (Å²) in [5, 5.41) is 10.0. The molecule has 1 aromatic carbocycles. The summed E-state index contributed by atoms with van der Waals surface area (Å²) in [6, 6.07) is 5.07. The SMILES string of the molecule is COc1ccccc1C(C)(O)CC(F)(F)C(F)(F)C(F)(F)F. The van der Waals surface area contributed by atoms with E-state index in [0.717, 1.165) is 13.2 Å². The molecular weight excluding hydrogens is 321 g/mol. The van der Waals surface area contributed by atoms with Crippen molar-refractivity contribution < 1.29 is 40.6 Å². The molecule has 1 aromatic rings. The maximum Gasteiger partial charge on any atom is 0.459 e. The maximum absolute atomic E-state index is 13.4. The van der Waals surface area contributed by atoms with E-state index in [2.05, 4.69) is 0 Å². The van der Waals surface area contributed by atoms with Crippen molar-refractivity contribution in [3.63, 3.8) is 0 Å². The van der Waals surface area contributed by atoms with E-state index in [1.807, 2.05) is 0 Å². The lowest BCUT2D eigenvalue weighted by molar-refractivity contribution is -0.361. The molecule has 0 aliphatic heterocycles. The average molecular weight is 334 g/mol. The Balaban J connectivity index is 3.20. The molecule has 0 heterocycles. The quantitative estimate of drug-likeness (QED) is 0.821. The molecule has 0 aromatic heterocycles. The van der Waals surface area contributed by atoms with Gasteiger partial charge in [-0.2, -0.15) is 30.7 Å². The normalized spacial score (nSPS) is 16.3. The van der Waals surface area contributed by atoms with Crippen molar-refractivity contribution in [3.8, 4) is 5.75 Å². The summed E-state index contributed by atoms with van der Waals surface area (Å²) in [5.41, 5.74) is -2.99. The number of halogens is 7. The monoisotopic (exact) mass is 334 g/mol. The number of benzene rings is 1. The minimum absolute atomic E-state index is 0.112. The van der Waals surface area contributed by atoms with Crippen LogP contribution in [0.5, 0.6) is 5.75 Å². The van der Waals surface area contributed by atoms with Crippen LogP contribution in [0.25, 0.3) is 0 Å². The lowest BCUT2D eigenvalue weighted by atomic mass is 9.87. The summed E-state index contributed by atoms with van der Waals surface area (Å²) in [6.07, 6.45) is -8.57. The van der Waals surface area contributed by atoms with Gasteiger partial charge in [0.15, 0.2) is 0 Å². The molecule has 0 spiro atoms. The van der Waals surface area contributed by atoms with Crippen LogP contribution in [0.3, 0.4) is 0 Å². The Morgan fingerprint density at radius 2 is 1.50 bits per heavy atom. The van der Waals surface area contributed by atoms with Gasteiger partial charge in [-0.25, -0.2) is 0 Å². The average Bonchev–Trinajstić information content (AvgIpc) is 2.36. The van der Waals surface area contributed by atoms with Gasteiger partial charge in [-0.15, -0.1) is 0 Å². The summed E-state index contributed by atoms with van der Waals surface area (Å²) in [7, 11) is 1.14. The molecule has 0 bridgehead atoms. The van der Waals surface area contributed by atoms with Crippen LogP contribution in [0, 0.1) is 0 Å². The number of methoxy groups -OCH3 is 1. The summed E-state index contributed by atoms with van der Waals surface area (Å²) in [4.78, 5) is 0. The van der Waals surface area contributed by atoms with Gasteiger partial charge in [0.1, 0.15) is 5.75 Å². The van der Waals surface area contributed by atoms with Crippen molar-refractivity contribution in [2.45, 2.75) is 37.0 Å². The van der Waals surface area contributed by atoms with Gasteiger partial charge in [0.05, 0.1) is 19.1 Å². The van der Waals surface area contributed by atoms with Crippen LogP contribution >= 0.6 is 0 Å². The molecule has 22 heavy (non-hydrogen) atoms. The van der Waals surface area contributed by atoms with Gasteiger partial charge in [0, 0.05) is 5.56 Å². The molecule has 0 saturated heterocycles. The van der Waals surface area contributed by atoms with Crippen LogP contribution in [0.1, 0.15) is 18.9 Å². The highest BCUT2D eigenvalue weighted by atomic mass is 19.4. The molecule has 0 aliphatic carbocycles. The fourth-order valence-corrected chi connectivity index (χ4v) is 1.94. The standard InChI is InChI=1S/C13H13F7O2/c1-10(21,8-5-3-4-6-9(8)22-2)7-11(14,15)12(16,17)13(18,19)20/h3-6,21H,7H2,1-2H3. The predicted octanol–water partition coefficient (Wildman–Crippen LogP) is 4.13. The van der Waals surface area contributed by atoms with E-state index >= 15 is 0 Å². The van der Waals surface area contributed by atoms with Crippen molar-refractivity contribution in [1.29, 1.82) is 0 Å². The Bertz CT molecular complexity index is 523. The molecule has 2 nitrogen and oxygen atoms in total. The summed E-state index contributed by atoms with van der Waals surface area (Å²) in [5.74, 6) is -11.9. The van der Waals surface area contributed by atoms with E-state index in [4.69, 9.17) is 4.74 Å². The van der Waals surface area contributed by atoms with Gasteiger partial charge >= 0.3 is 18.0 Å². The van der Waals surface area contributed by atoms with Crippen molar-refractivity contribution in [1.82, 2.24) is 0 Å². The highest BCUT2D eigenvalue weighted by Gasteiger charge is 2.73. The zero-order chi connectivity index (χ0) is 17.4. The van der Waals surface area contributed by atoms with Gasteiger partial charge in [0.2, 0.25) is 0 Å². The molecule has 126 valence electrons. The highest BCUT2D eigenvalue weighted by Crippen LogP contribution is 2.51. The van der Waals surface area contributed by atoms with Crippen LogP contribution in [0.2, 0.25) is 0 Å². The van der Waals surface area contributed by atoms with E-state index < -0.39 is 30.0 Å². The van der Waals surface area contributed by atoms with E-state index in [1.165, 1.54) is 18.2 Å². The molecule has 0 radical (unpaired) electrons. The summed E-state index contributed by atoms with van der Waals surface area (Å²) < 4.78 is 93.9. The molecule has 0 amide bonds. The Hall–Kier alpha value is -1.51. The number of hydrogen-bond donors (Lipinski definition) is 1. The van der Waals surface area contributed by atoms with E-state index in [9.17, 15) is 35.8 Å². The lowest BCUT2D eigenvalue weighted by Gasteiger charge is -2.34. The molecule has 0 aliphatic rings. The van der Waals surface area contributed by atoms with Crippen LogP contribution in [-0.2, 0) is 5.60 Å². The fraction of sp³-hybridized carbons (Fsp3) is 0.538.